The lowest BCUT2D eigenvalue weighted by atomic mass is 10.2. The average molecular weight is 372 g/mol. The van der Waals surface area contributed by atoms with Crippen LogP contribution in [-0.2, 0) is 4.79 Å². The summed E-state index contributed by atoms with van der Waals surface area (Å²) in [4.78, 5) is 12.3. The maximum Gasteiger partial charge on any atom is 0.226 e. The van der Waals surface area contributed by atoms with Crippen LogP contribution in [-0.4, -0.2) is 39.3 Å². The van der Waals surface area contributed by atoms with Gasteiger partial charge in [0.1, 0.15) is 23.9 Å². The Kier molecular flexibility index (Phi) is 7.95. The number of anilines is 1. The molecular weight excluding hydrogens is 344 g/mol. The molecule has 0 aromatic heterocycles. The van der Waals surface area contributed by atoms with Crippen LogP contribution >= 0.6 is 0 Å². The van der Waals surface area contributed by atoms with Gasteiger partial charge in [0.15, 0.2) is 0 Å². The number of hydrogen-bond donors (Lipinski definition) is 2. The molecule has 27 heavy (non-hydrogen) atoms. The molecule has 1 amide bonds. The largest absolute Gasteiger partial charge is 0.497 e. The Morgan fingerprint density at radius 3 is 2.59 bits per heavy atom. The molecule has 0 bridgehead atoms. The van der Waals surface area contributed by atoms with Gasteiger partial charge < -0.3 is 24.8 Å². The predicted molar refractivity (Wildman–Crippen MR) is 107 cm³/mol. The smallest absolute Gasteiger partial charge is 0.226 e. The molecule has 0 saturated carbocycles. The standard InChI is InChI=1S/C21H28N2O4/c1-15-6-5-7-18(12-15)27-11-10-22-16(2)13-21(24)23-19-9-8-17(25-3)14-20(19)26-4/h5-9,12,14,16,22H,10-11,13H2,1-4H3,(H,23,24). The van der Waals surface area contributed by atoms with Crippen molar-refractivity contribution in [1.82, 2.24) is 5.32 Å². The Labute approximate surface area is 160 Å². The molecule has 2 rings (SSSR count). The zero-order valence-electron chi connectivity index (χ0n) is 16.4. The van der Waals surface area contributed by atoms with E-state index < -0.39 is 0 Å². The number of aryl methyl sites for hydroxylation is 1. The number of hydrogen-bond acceptors (Lipinski definition) is 5. The molecule has 0 saturated heterocycles. The first-order valence-corrected chi connectivity index (χ1v) is 8.96. The second-order valence-corrected chi connectivity index (χ2v) is 6.34. The monoisotopic (exact) mass is 372 g/mol. The van der Waals surface area contributed by atoms with Crippen molar-refractivity contribution >= 4 is 11.6 Å². The van der Waals surface area contributed by atoms with Gasteiger partial charge in [0, 0.05) is 25.1 Å². The fraction of sp³-hybridized carbons (Fsp3) is 0.381. The van der Waals surface area contributed by atoms with E-state index in [-0.39, 0.29) is 11.9 Å². The van der Waals surface area contributed by atoms with Crippen LogP contribution in [0.2, 0.25) is 0 Å². The molecule has 0 aliphatic rings. The molecule has 6 heteroatoms. The van der Waals surface area contributed by atoms with Gasteiger partial charge in [-0.2, -0.15) is 0 Å². The Morgan fingerprint density at radius 1 is 1.07 bits per heavy atom. The number of ether oxygens (including phenoxy) is 3. The second-order valence-electron chi connectivity index (χ2n) is 6.34. The van der Waals surface area contributed by atoms with Gasteiger partial charge in [-0.1, -0.05) is 12.1 Å². The lowest BCUT2D eigenvalue weighted by Crippen LogP contribution is -2.33. The molecule has 146 valence electrons. The number of carbonyl (C=O) groups excluding carboxylic acids is 1. The number of amides is 1. The van der Waals surface area contributed by atoms with Crippen LogP contribution in [0.3, 0.4) is 0 Å². The summed E-state index contributed by atoms with van der Waals surface area (Å²) in [5.74, 6) is 2.01. The topological polar surface area (TPSA) is 68.8 Å². The van der Waals surface area contributed by atoms with Gasteiger partial charge in [-0.15, -0.1) is 0 Å². The normalized spacial score (nSPS) is 11.6. The maximum atomic E-state index is 12.3. The zero-order chi connectivity index (χ0) is 19.6. The van der Waals surface area contributed by atoms with Crippen LogP contribution in [0.25, 0.3) is 0 Å². The van der Waals surface area contributed by atoms with Gasteiger partial charge in [0.2, 0.25) is 5.91 Å². The van der Waals surface area contributed by atoms with E-state index in [1.807, 2.05) is 38.1 Å². The van der Waals surface area contributed by atoms with Crippen LogP contribution in [0.15, 0.2) is 42.5 Å². The minimum Gasteiger partial charge on any atom is -0.497 e. The summed E-state index contributed by atoms with van der Waals surface area (Å²) in [6, 6.07) is 13.2. The minimum atomic E-state index is -0.0851. The fourth-order valence-electron chi connectivity index (χ4n) is 2.63. The van der Waals surface area contributed by atoms with Gasteiger partial charge in [0.25, 0.3) is 0 Å². The zero-order valence-corrected chi connectivity index (χ0v) is 16.4. The van der Waals surface area contributed by atoms with Gasteiger partial charge in [-0.3, -0.25) is 4.79 Å². The van der Waals surface area contributed by atoms with E-state index in [1.165, 1.54) is 5.56 Å². The predicted octanol–water partition coefficient (Wildman–Crippen LogP) is 3.40. The highest BCUT2D eigenvalue weighted by molar-refractivity contribution is 5.92. The highest BCUT2D eigenvalue weighted by Crippen LogP contribution is 2.29. The molecule has 2 aromatic carbocycles. The van der Waals surface area contributed by atoms with E-state index in [1.54, 1.807) is 32.4 Å². The Morgan fingerprint density at radius 2 is 1.89 bits per heavy atom. The first-order valence-electron chi connectivity index (χ1n) is 8.96. The average Bonchev–Trinajstić information content (AvgIpc) is 2.65. The Balaban J connectivity index is 1.73. The SMILES string of the molecule is COc1ccc(NC(=O)CC(C)NCCOc2cccc(C)c2)c(OC)c1. The summed E-state index contributed by atoms with van der Waals surface area (Å²) < 4.78 is 16.2. The highest BCUT2D eigenvalue weighted by atomic mass is 16.5. The van der Waals surface area contributed by atoms with E-state index in [4.69, 9.17) is 14.2 Å². The van der Waals surface area contributed by atoms with Gasteiger partial charge in [-0.05, 0) is 43.7 Å². The molecule has 0 radical (unpaired) electrons. The van der Waals surface area contributed by atoms with Crippen LogP contribution in [0.4, 0.5) is 5.69 Å². The molecule has 1 unspecified atom stereocenters. The van der Waals surface area contributed by atoms with Crippen molar-refractivity contribution < 1.29 is 19.0 Å². The quantitative estimate of drug-likeness (QED) is 0.626. The summed E-state index contributed by atoms with van der Waals surface area (Å²) in [5.41, 5.74) is 1.79. The molecular formula is C21H28N2O4. The van der Waals surface area contributed by atoms with Crippen LogP contribution < -0.4 is 24.8 Å². The van der Waals surface area contributed by atoms with Crippen molar-refractivity contribution in [1.29, 1.82) is 0 Å². The lowest BCUT2D eigenvalue weighted by molar-refractivity contribution is -0.116. The highest BCUT2D eigenvalue weighted by Gasteiger charge is 2.12. The second kappa shape index (κ2) is 10.4. The summed E-state index contributed by atoms with van der Waals surface area (Å²) in [6.07, 6.45) is 0.347. The molecule has 2 aromatic rings. The summed E-state index contributed by atoms with van der Waals surface area (Å²) in [5, 5.41) is 6.17. The van der Waals surface area contributed by atoms with Gasteiger partial charge in [-0.25, -0.2) is 0 Å². The van der Waals surface area contributed by atoms with Gasteiger partial charge in [0.05, 0.1) is 19.9 Å². The molecule has 0 spiro atoms. The van der Waals surface area contributed by atoms with Crippen LogP contribution in [0.5, 0.6) is 17.2 Å². The van der Waals surface area contributed by atoms with Crippen molar-refractivity contribution in [3.05, 3.63) is 48.0 Å². The van der Waals surface area contributed by atoms with E-state index in [0.717, 1.165) is 5.75 Å². The molecule has 6 nitrogen and oxygen atoms in total. The minimum absolute atomic E-state index is 0.0235. The number of nitrogens with one attached hydrogen (secondary N) is 2. The van der Waals surface area contributed by atoms with Crippen molar-refractivity contribution in [2.45, 2.75) is 26.3 Å². The van der Waals surface area contributed by atoms with Crippen LogP contribution in [0, 0.1) is 6.92 Å². The van der Waals surface area contributed by atoms with Crippen molar-refractivity contribution in [2.24, 2.45) is 0 Å². The van der Waals surface area contributed by atoms with Crippen molar-refractivity contribution in [3.63, 3.8) is 0 Å². The third-order valence-corrected chi connectivity index (χ3v) is 4.03. The van der Waals surface area contributed by atoms with E-state index in [0.29, 0.717) is 36.8 Å². The maximum absolute atomic E-state index is 12.3. The molecule has 0 aliphatic heterocycles. The number of carbonyl (C=O) groups is 1. The van der Waals surface area contributed by atoms with E-state index in [9.17, 15) is 4.79 Å². The lowest BCUT2D eigenvalue weighted by Gasteiger charge is -2.16. The van der Waals surface area contributed by atoms with Gasteiger partial charge >= 0.3 is 0 Å². The molecule has 0 aliphatic carbocycles. The van der Waals surface area contributed by atoms with Crippen molar-refractivity contribution in [2.75, 3.05) is 32.7 Å². The molecule has 0 fully saturated rings. The first kappa shape index (κ1) is 20.6. The number of benzene rings is 2. The summed E-state index contributed by atoms with van der Waals surface area (Å²) in [7, 11) is 3.14. The summed E-state index contributed by atoms with van der Waals surface area (Å²) >= 11 is 0. The molecule has 0 heterocycles. The van der Waals surface area contributed by atoms with E-state index >= 15 is 0 Å². The Hall–Kier alpha value is -2.73. The third kappa shape index (κ3) is 6.83. The third-order valence-electron chi connectivity index (χ3n) is 4.03. The Bertz CT molecular complexity index is 749. The summed E-state index contributed by atoms with van der Waals surface area (Å²) in [6.45, 7) is 5.21. The number of methoxy groups -OCH3 is 2. The van der Waals surface area contributed by atoms with Crippen molar-refractivity contribution in [3.8, 4) is 17.2 Å². The fourth-order valence-corrected chi connectivity index (χ4v) is 2.63. The first-order chi connectivity index (χ1) is 13.0. The van der Waals surface area contributed by atoms with E-state index in [2.05, 4.69) is 10.6 Å². The van der Waals surface area contributed by atoms with Crippen LogP contribution in [0.1, 0.15) is 18.9 Å². The molecule has 2 N–H and O–H groups in total. The number of rotatable bonds is 10. The molecule has 1 atom stereocenters.